The highest BCUT2D eigenvalue weighted by atomic mass is 32.2. The zero-order valence-electron chi connectivity index (χ0n) is 13.0. The minimum Gasteiger partial charge on any atom is -0.323 e. The lowest BCUT2D eigenvalue weighted by atomic mass is 10.2. The second kappa shape index (κ2) is 8.16. The molecular formula is C17H16N2O4S. The minimum absolute atomic E-state index is 0.0298. The van der Waals surface area contributed by atoms with Crippen LogP contribution in [0, 0.1) is 10.1 Å². The molecule has 0 aliphatic rings. The normalized spacial score (nSPS) is 12.0. The monoisotopic (exact) mass is 344 g/mol. The maximum Gasteiger partial charge on any atom is 0.270 e. The van der Waals surface area contributed by atoms with Gasteiger partial charge in [0, 0.05) is 46.7 Å². The lowest BCUT2D eigenvalue weighted by Crippen LogP contribution is -2.08. The number of hydrogen-bond donors (Lipinski definition) is 1. The maximum absolute atomic E-state index is 11.9. The number of carbonyl (C=O) groups is 1. The molecule has 2 aromatic carbocycles. The molecule has 1 atom stereocenters. The van der Waals surface area contributed by atoms with E-state index in [-0.39, 0.29) is 11.6 Å². The topological polar surface area (TPSA) is 89.3 Å². The van der Waals surface area contributed by atoms with Gasteiger partial charge in [-0.1, -0.05) is 24.3 Å². The average Bonchev–Trinajstić information content (AvgIpc) is 2.53. The smallest absolute Gasteiger partial charge is 0.270 e. The standard InChI is InChI=1S/C17H16N2O4S/c1-24(23)12-14-5-2-6-15(10-14)18-17(20)9-8-13-4-3-7-16(11-13)19(21)22/h2-11H,12H2,1H3,(H,18,20). The first kappa shape index (κ1) is 17.6. The molecule has 0 saturated carbocycles. The van der Waals surface area contributed by atoms with Crippen molar-refractivity contribution < 1.29 is 13.9 Å². The Morgan fingerprint density at radius 1 is 1.25 bits per heavy atom. The Labute approximate surface area is 141 Å². The molecule has 0 heterocycles. The lowest BCUT2D eigenvalue weighted by Gasteiger charge is -2.04. The van der Waals surface area contributed by atoms with Crippen LogP contribution in [0.2, 0.25) is 0 Å². The van der Waals surface area contributed by atoms with Crippen molar-refractivity contribution in [3.63, 3.8) is 0 Å². The van der Waals surface area contributed by atoms with Crippen LogP contribution in [0.25, 0.3) is 6.08 Å². The van der Waals surface area contributed by atoms with Gasteiger partial charge in [-0.15, -0.1) is 0 Å². The van der Waals surface area contributed by atoms with Gasteiger partial charge in [-0.25, -0.2) is 0 Å². The Morgan fingerprint density at radius 3 is 2.71 bits per heavy atom. The number of anilines is 1. The Balaban J connectivity index is 2.04. The van der Waals surface area contributed by atoms with Gasteiger partial charge in [-0.3, -0.25) is 19.1 Å². The fourth-order valence-corrected chi connectivity index (χ4v) is 2.72. The number of non-ortho nitro benzene ring substituents is 1. The fourth-order valence-electron chi connectivity index (χ4n) is 2.07. The van der Waals surface area contributed by atoms with Crippen LogP contribution in [-0.4, -0.2) is 21.3 Å². The zero-order chi connectivity index (χ0) is 17.5. The molecule has 2 rings (SSSR count). The largest absolute Gasteiger partial charge is 0.323 e. The Morgan fingerprint density at radius 2 is 2.00 bits per heavy atom. The molecule has 6 nitrogen and oxygen atoms in total. The van der Waals surface area contributed by atoms with E-state index >= 15 is 0 Å². The summed E-state index contributed by atoms with van der Waals surface area (Å²) in [7, 11) is -0.954. The molecule has 0 aliphatic heterocycles. The molecule has 0 aromatic heterocycles. The molecule has 1 N–H and O–H groups in total. The van der Waals surface area contributed by atoms with Gasteiger partial charge in [-0.05, 0) is 29.3 Å². The Bertz CT molecular complexity index is 818. The summed E-state index contributed by atoms with van der Waals surface area (Å²) in [5, 5.41) is 13.4. The van der Waals surface area contributed by atoms with E-state index in [0.29, 0.717) is 17.0 Å². The number of benzene rings is 2. The molecule has 0 spiro atoms. The minimum atomic E-state index is -0.954. The highest BCUT2D eigenvalue weighted by molar-refractivity contribution is 7.83. The molecule has 0 radical (unpaired) electrons. The van der Waals surface area contributed by atoms with Gasteiger partial charge in [0.05, 0.1) is 4.92 Å². The summed E-state index contributed by atoms with van der Waals surface area (Å²) in [6.45, 7) is 0. The highest BCUT2D eigenvalue weighted by Gasteiger charge is 2.05. The number of amides is 1. The lowest BCUT2D eigenvalue weighted by molar-refractivity contribution is -0.384. The van der Waals surface area contributed by atoms with E-state index in [9.17, 15) is 19.1 Å². The molecule has 0 fully saturated rings. The van der Waals surface area contributed by atoms with Crippen molar-refractivity contribution >= 4 is 34.2 Å². The molecular weight excluding hydrogens is 328 g/mol. The van der Waals surface area contributed by atoms with Crippen LogP contribution in [0.4, 0.5) is 11.4 Å². The first-order valence-corrected chi connectivity index (χ1v) is 8.79. The number of nitrogens with zero attached hydrogens (tertiary/aromatic N) is 1. The molecule has 24 heavy (non-hydrogen) atoms. The first-order chi connectivity index (χ1) is 11.4. The van der Waals surface area contributed by atoms with Crippen LogP contribution >= 0.6 is 0 Å². The van der Waals surface area contributed by atoms with Crippen LogP contribution in [-0.2, 0) is 21.3 Å². The third-order valence-corrected chi connectivity index (χ3v) is 3.81. The van der Waals surface area contributed by atoms with Crippen LogP contribution in [0.15, 0.2) is 54.6 Å². The number of nitrogens with one attached hydrogen (secondary N) is 1. The SMILES string of the molecule is CS(=O)Cc1cccc(NC(=O)C=Cc2cccc([N+](=O)[O-])c2)c1. The van der Waals surface area contributed by atoms with Crippen LogP contribution in [0.1, 0.15) is 11.1 Å². The molecule has 7 heteroatoms. The molecule has 1 amide bonds. The first-order valence-electron chi connectivity index (χ1n) is 7.06. The second-order valence-corrected chi connectivity index (χ2v) is 6.53. The summed E-state index contributed by atoms with van der Waals surface area (Å²) in [5.41, 5.74) is 2.01. The number of hydrogen-bond acceptors (Lipinski definition) is 4. The molecule has 124 valence electrons. The van der Waals surface area contributed by atoms with Crippen molar-refractivity contribution in [1.82, 2.24) is 0 Å². The van der Waals surface area contributed by atoms with E-state index in [4.69, 9.17) is 0 Å². The average molecular weight is 344 g/mol. The molecule has 0 aliphatic carbocycles. The number of nitro groups is 1. The van der Waals surface area contributed by atoms with Crippen LogP contribution < -0.4 is 5.32 Å². The van der Waals surface area contributed by atoms with E-state index in [2.05, 4.69) is 5.32 Å². The van der Waals surface area contributed by atoms with Gasteiger partial charge in [0.2, 0.25) is 5.91 Å². The van der Waals surface area contributed by atoms with E-state index in [1.807, 2.05) is 6.07 Å². The summed E-state index contributed by atoms with van der Waals surface area (Å²) >= 11 is 0. The van der Waals surface area contributed by atoms with Crippen molar-refractivity contribution in [3.8, 4) is 0 Å². The molecule has 0 bridgehead atoms. The third kappa shape index (κ3) is 5.44. The summed E-state index contributed by atoms with van der Waals surface area (Å²) < 4.78 is 11.2. The van der Waals surface area contributed by atoms with Crippen molar-refractivity contribution in [2.75, 3.05) is 11.6 Å². The van der Waals surface area contributed by atoms with E-state index < -0.39 is 15.7 Å². The van der Waals surface area contributed by atoms with Crippen molar-refractivity contribution in [2.45, 2.75) is 5.75 Å². The van der Waals surface area contributed by atoms with Gasteiger partial charge >= 0.3 is 0 Å². The highest BCUT2D eigenvalue weighted by Crippen LogP contribution is 2.15. The summed E-state index contributed by atoms with van der Waals surface area (Å²) in [6.07, 6.45) is 4.43. The predicted molar refractivity (Wildman–Crippen MR) is 95.0 cm³/mol. The van der Waals surface area contributed by atoms with E-state index in [0.717, 1.165) is 5.56 Å². The molecule has 0 saturated heterocycles. The predicted octanol–water partition coefficient (Wildman–Crippen LogP) is 3.13. The maximum atomic E-state index is 11.9. The van der Waals surface area contributed by atoms with Gasteiger partial charge in [-0.2, -0.15) is 0 Å². The van der Waals surface area contributed by atoms with Gasteiger partial charge in [0.25, 0.3) is 5.69 Å². The van der Waals surface area contributed by atoms with E-state index in [1.54, 1.807) is 36.6 Å². The van der Waals surface area contributed by atoms with Gasteiger partial charge in [0.15, 0.2) is 0 Å². The third-order valence-electron chi connectivity index (χ3n) is 3.07. The van der Waals surface area contributed by atoms with Crippen molar-refractivity contribution in [3.05, 3.63) is 75.8 Å². The summed E-state index contributed by atoms with van der Waals surface area (Å²) in [4.78, 5) is 22.2. The Hall–Kier alpha value is -2.80. The Kier molecular flexibility index (Phi) is 5.97. The van der Waals surface area contributed by atoms with Crippen LogP contribution in [0.5, 0.6) is 0 Å². The van der Waals surface area contributed by atoms with E-state index in [1.165, 1.54) is 24.3 Å². The quantitative estimate of drug-likeness (QED) is 0.495. The second-order valence-electron chi connectivity index (χ2n) is 5.09. The number of nitro benzene ring substituents is 1. The van der Waals surface area contributed by atoms with Gasteiger partial charge < -0.3 is 5.32 Å². The molecule has 2 aromatic rings. The van der Waals surface area contributed by atoms with Gasteiger partial charge in [0.1, 0.15) is 0 Å². The van der Waals surface area contributed by atoms with Crippen molar-refractivity contribution in [2.24, 2.45) is 0 Å². The molecule has 1 unspecified atom stereocenters. The zero-order valence-corrected chi connectivity index (χ0v) is 13.8. The van der Waals surface area contributed by atoms with Crippen molar-refractivity contribution in [1.29, 1.82) is 0 Å². The number of carbonyl (C=O) groups excluding carboxylic acids is 1. The summed E-state index contributed by atoms with van der Waals surface area (Å²) in [6, 6.07) is 13.1. The van der Waals surface area contributed by atoms with Crippen LogP contribution in [0.3, 0.4) is 0 Å². The summed E-state index contributed by atoms with van der Waals surface area (Å²) in [5.74, 6) is 0.0732. The number of rotatable bonds is 6. The fraction of sp³-hybridized carbons (Fsp3) is 0.118.